The lowest BCUT2D eigenvalue weighted by molar-refractivity contribution is -0.150. The highest BCUT2D eigenvalue weighted by Crippen LogP contribution is 2.32. The number of rotatable bonds is 2. The number of amides is 1. The lowest BCUT2D eigenvalue weighted by Crippen LogP contribution is -2.47. The summed E-state index contributed by atoms with van der Waals surface area (Å²) >= 11 is 5.90. The van der Waals surface area contributed by atoms with E-state index in [-0.39, 0.29) is 13.0 Å². The largest absolute Gasteiger partial charge is 0.480 e. The first-order valence-electron chi connectivity index (χ1n) is 6.62. The van der Waals surface area contributed by atoms with Crippen LogP contribution in [-0.2, 0) is 16.0 Å². The number of aliphatic hydroxyl groups excluding tert-OH is 1. The van der Waals surface area contributed by atoms with Gasteiger partial charge in [-0.1, -0.05) is 11.6 Å². The second kappa shape index (κ2) is 5.20. The van der Waals surface area contributed by atoms with E-state index in [0.717, 1.165) is 5.56 Å². The molecule has 2 aliphatic heterocycles. The highest BCUT2D eigenvalue weighted by Gasteiger charge is 2.43. The Bertz CT molecular complexity index is 605. The van der Waals surface area contributed by atoms with Crippen molar-refractivity contribution in [2.45, 2.75) is 31.1 Å². The minimum Gasteiger partial charge on any atom is -0.480 e. The van der Waals surface area contributed by atoms with Crippen LogP contribution >= 0.6 is 11.6 Å². The third-order valence-corrected chi connectivity index (χ3v) is 4.05. The Balaban J connectivity index is 1.77. The predicted octanol–water partition coefficient (Wildman–Crippen LogP) is 0.690. The van der Waals surface area contributed by atoms with Crippen LogP contribution in [0.5, 0.6) is 5.75 Å². The number of aliphatic carboxylic acids is 1. The van der Waals surface area contributed by atoms with Crippen LogP contribution in [0, 0.1) is 0 Å². The standard InChI is InChI=1S/C14H14ClNO5/c15-8-1-2-11-7(3-8)4-12(21-11)13(18)16-6-9(17)5-10(16)14(19)20/h1-3,9-10,12,17H,4-6H2,(H,19,20)/t9-,10+,12?/m1/s1. The molecule has 3 rings (SSSR count). The minimum atomic E-state index is -1.11. The van der Waals surface area contributed by atoms with Crippen molar-refractivity contribution >= 4 is 23.5 Å². The van der Waals surface area contributed by atoms with Crippen LogP contribution in [-0.4, -0.2) is 51.8 Å². The summed E-state index contributed by atoms with van der Waals surface area (Å²) < 4.78 is 5.58. The molecule has 2 heterocycles. The van der Waals surface area contributed by atoms with Crippen molar-refractivity contribution in [2.24, 2.45) is 0 Å². The van der Waals surface area contributed by atoms with Crippen LogP contribution in [0.15, 0.2) is 18.2 Å². The second-order valence-electron chi connectivity index (χ2n) is 5.30. The van der Waals surface area contributed by atoms with Crippen LogP contribution < -0.4 is 4.74 Å². The van der Waals surface area contributed by atoms with E-state index in [2.05, 4.69) is 0 Å². The second-order valence-corrected chi connectivity index (χ2v) is 5.73. The molecule has 3 atom stereocenters. The van der Waals surface area contributed by atoms with Gasteiger partial charge < -0.3 is 19.8 Å². The Morgan fingerprint density at radius 1 is 1.38 bits per heavy atom. The topological polar surface area (TPSA) is 87.1 Å². The van der Waals surface area contributed by atoms with E-state index in [1.165, 1.54) is 4.90 Å². The Hall–Kier alpha value is -1.79. The van der Waals surface area contributed by atoms with Crippen LogP contribution in [0.3, 0.4) is 0 Å². The number of aliphatic hydroxyl groups is 1. The van der Waals surface area contributed by atoms with Crippen molar-refractivity contribution in [3.8, 4) is 5.75 Å². The van der Waals surface area contributed by atoms with Gasteiger partial charge in [0, 0.05) is 24.4 Å². The number of likely N-dealkylation sites (tertiary alicyclic amines) is 1. The van der Waals surface area contributed by atoms with Crippen LogP contribution in [0.25, 0.3) is 0 Å². The Morgan fingerprint density at radius 3 is 2.86 bits per heavy atom. The average molecular weight is 312 g/mol. The number of ether oxygens (including phenoxy) is 1. The van der Waals surface area contributed by atoms with Crippen molar-refractivity contribution < 1.29 is 24.5 Å². The lowest BCUT2D eigenvalue weighted by atomic mass is 10.1. The average Bonchev–Trinajstić information content (AvgIpc) is 3.00. The fourth-order valence-corrected chi connectivity index (χ4v) is 3.03. The molecule has 1 aromatic rings. The predicted molar refractivity (Wildman–Crippen MR) is 73.3 cm³/mol. The molecule has 0 bridgehead atoms. The van der Waals surface area contributed by atoms with Gasteiger partial charge in [-0.05, 0) is 23.8 Å². The summed E-state index contributed by atoms with van der Waals surface area (Å²) in [5.41, 5.74) is 0.826. The summed E-state index contributed by atoms with van der Waals surface area (Å²) in [5, 5.41) is 19.3. The molecule has 1 unspecified atom stereocenters. The summed E-state index contributed by atoms with van der Waals surface area (Å²) in [6.07, 6.45) is -1.17. The molecule has 1 saturated heterocycles. The molecule has 0 aliphatic carbocycles. The number of hydrogen-bond acceptors (Lipinski definition) is 4. The number of β-amino-alcohol motifs (C(OH)–C–C–N with tert-alkyl or cyclic N) is 1. The van der Waals surface area contributed by atoms with Gasteiger partial charge in [0.05, 0.1) is 6.10 Å². The van der Waals surface area contributed by atoms with E-state index >= 15 is 0 Å². The summed E-state index contributed by atoms with van der Waals surface area (Å²) in [5.74, 6) is -0.936. The maximum Gasteiger partial charge on any atom is 0.326 e. The minimum absolute atomic E-state index is 0.0206. The first-order valence-corrected chi connectivity index (χ1v) is 7.00. The van der Waals surface area contributed by atoms with Gasteiger partial charge in [0.1, 0.15) is 11.8 Å². The SMILES string of the molecule is O=C(O)[C@@H]1C[C@@H](O)CN1C(=O)C1Cc2cc(Cl)ccc2O1. The van der Waals surface area contributed by atoms with Crippen molar-refractivity contribution in [3.05, 3.63) is 28.8 Å². The van der Waals surface area contributed by atoms with Gasteiger partial charge in [-0.25, -0.2) is 4.79 Å². The molecule has 1 amide bonds. The Kier molecular flexibility index (Phi) is 3.51. The number of hydrogen-bond donors (Lipinski definition) is 2. The maximum absolute atomic E-state index is 12.5. The molecule has 0 saturated carbocycles. The first-order chi connectivity index (χ1) is 9.95. The van der Waals surface area contributed by atoms with E-state index in [9.17, 15) is 14.7 Å². The Labute approximate surface area is 125 Å². The third-order valence-electron chi connectivity index (χ3n) is 3.82. The number of carboxylic acid groups (broad SMARTS) is 1. The molecule has 1 fully saturated rings. The van der Waals surface area contributed by atoms with E-state index in [4.69, 9.17) is 21.4 Å². The van der Waals surface area contributed by atoms with Gasteiger partial charge >= 0.3 is 5.97 Å². The smallest absolute Gasteiger partial charge is 0.326 e. The van der Waals surface area contributed by atoms with E-state index in [1.807, 2.05) is 0 Å². The molecule has 2 N–H and O–H groups in total. The van der Waals surface area contributed by atoms with Gasteiger partial charge in [0.2, 0.25) is 0 Å². The Morgan fingerprint density at radius 2 is 2.14 bits per heavy atom. The van der Waals surface area contributed by atoms with Gasteiger partial charge in [0.25, 0.3) is 5.91 Å². The van der Waals surface area contributed by atoms with Crippen molar-refractivity contribution in [3.63, 3.8) is 0 Å². The quantitative estimate of drug-likeness (QED) is 0.839. The van der Waals surface area contributed by atoms with Crippen LogP contribution in [0.2, 0.25) is 5.02 Å². The van der Waals surface area contributed by atoms with Crippen LogP contribution in [0.4, 0.5) is 0 Å². The van der Waals surface area contributed by atoms with E-state index in [0.29, 0.717) is 17.2 Å². The monoisotopic (exact) mass is 311 g/mol. The molecule has 7 heteroatoms. The number of carbonyl (C=O) groups excluding carboxylic acids is 1. The molecule has 21 heavy (non-hydrogen) atoms. The highest BCUT2D eigenvalue weighted by atomic mass is 35.5. The van der Waals surface area contributed by atoms with Crippen molar-refractivity contribution in [1.82, 2.24) is 4.90 Å². The molecular formula is C14H14ClNO5. The van der Waals surface area contributed by atoms with E-state index < -0.39 is 30.1 Å². The fourth-order valence-electron chi connectivity index (χ4n) is 2.83. The third kappa shape index (κ3) is 2.56. The molecule has 112 valence electrons. The molecule has 0 aromatic heterocycles. The van der Waals surface area contributed by atoms with Gasteiger partial charge in [0.15, 0.2) is 6.10 Å². The molecular weight excluding hydrogens is 298 g/mol. The van der Waals surface area contributed by atoms with Gasteiger partial charge in [-0.2, -0.15) is 0 Å². The van der Waals surface area contributed by atoms with Gasteiger partial charge in [-0.3, -0.25) is 4.79 Å². The number of carbonyl (C=O) groups is 2. The maximum atomic E-state index is 12.5. The summed E-state index contributed by atoms with van der Waals surface area (Å²) in [6.45, 7) is 0.0206. The van der Waals surface area contributed by atoms with Crippen LogP contribution in [0.1, 0.15) is 12.0 Å². The first kappa shape index (κ1) is 14.2. The number of benzene rings is 1. The van der Waals surface area contributed by atoms with E-state index in [1.54, 1.807) is 18.2 Å². The normalized spacial score (nSPS) is 27.3. The van der Waals surface area contributed by atoms with Gasteiger partial charge in [-0.15, -0.1) is 0 Å². The van der Waals surface area contributed by atoms with Crippen molar-refractivity contribution in [1.29, 1.82) is 0 Å². The zero-order chi connectivity index (χ0) is 15.1. The van der Waals surface area contributed by atoms with Crippen molar-refractivity contribution in [2.75, 3.05) is 6.54 Å². The number of fused-ring (bicyclic) bond motifs is 1. The highest BCUT2D eigenvalue weighted by molar-refractivity contribution is 6.30. The molecule has 1 aromatic carbocycles. The fraction of sp³-hybridized carbons (Fsp3) is 0.429. The zero-order valence-electron chi connectivity index (χ0n) is 11.0. The molecule has 2 aliphatic rings. The molecule has 0 spiro atoms. The number of halogens is 1. The molecule has 6 nitrogen and oxygen atoms in total. The number of nitrogens with zero attached hydrogens (tertiary/aromatic N) is 1. The zero-order valence-corrected chi connectivity index (χ0v) is 11.8. The lowest BCUT2D eigenvalue weighted by Gasteiger charge is -2.24. The summed E-state index contributed by atoms with van der Waals surface area (Å²) in [6, 6.07) is 4.10. The number of carboxylic acids is 1. The summed E-state index contributed by atoms with van der Waals surface area (Å²) in [4.78, 5) is 24.8. The summed E-state index contributed by atoms with van der Waals surface area (Å²) in [7, 11) is 0. The molecule has 0 radical (unpaired) electrons.